The lowest BCUT2D eigenvalue weighted by Gasteiger charge is -2.14. The summed E-state index contributed by atoms with van der Waals surface area (Å²) in [6.07, 6.45) is -0.652. The molecule has 0 saturated heterocycles. The molecule has 1 heterocycles. The molecule has 1 aromatic heterocycles. The first kappa shape index (κ1) is 13.0. The molecular formula is C10H14N4O3. The number of nitrogens with zero attached hydrogens (tertiary/aromatic N) is 3. The predicted octanol–water partition coefficient (Wildman–Crippen LogP) is -1.25. The largest absolute Gasteiger partial charge is 0.392 e. The molecule has 1 atom stereocenters. The molecule has 0 aromatic carbocycles. The SMILES string of the molecule is CC(O)CNc1c(C#N)c(=O)n(C)c(=O)n1C. The van der Waals surface area contributed by atoms with Crippen molar-refractivity contribution in [1.82, 2.24) is 9.13 Å². The summed E-state index contributed by atoms with van der Waals surface area (Å²) in [4.78, 5) is 23.3. The Morgan fingerprint density at radius 3 is 2.47 bits per heavy atom. The van der Waals surface area contributed by atoms with Crippen molar-refractivity contribution in [2.45, 2.75) is 13.0 Å². The molecule has 0 spiro atoms. The number of anilines is 1. The molecule has 0 bridgehead atoms. The van der Waals surface area contributed by atoms with Crippen LogP contribution in [0, 0.1) is 11.3 Å². The second kappa shape index (κ2) is 4.84. The van der Waals surface area contributed by atoms with E-state index < -0.39 is 17.4 Å². The number of aromatic nitrogens is 2. The Morgan fingerprint density at radius 1 is 1.41 bits per heavy atom. The van der Waals surface area contributed by atoms with E-state index in [0.717, 1.165) is 4.57 Å². The number of hydrogen-bond donors (Lipinski definition) is 2. The summed E-state index contributed by atoms with van der Waals surface area (Å²) in [5.74, 6) is 0.126. The number of aliphatic hydroxyl groups is 1. The van der Waals surface area contributed by atoms with E-state index in [-0.39, 0.29) is 17.9 Å². The molecule has 0 amide bonds. The standard InChI is InChI=1S/C10H14N4O3/c1-6(15)5-12-8-7(4-11)9(16)14(3)10(17)13(8)2/h6,12,15H,5H2,1-3H3. The van der Waals surface area contributed by atoms with E-state index in [1.807, 2.05) is 0 Å². The second-order valence-corrected chi connectivity index (χ2v) is 3.77. The minimum atomic E-state index is -0.652. The third-order valence-corrected chi connectivity index (χ3v) is 2.34. The predicted molar refractivity (Wildman–Crippen MR) is 61.8 cm³/mol. The molecular weight excluding hydrogens is 224 g/mol. The van der Waals surface area contributed by atoms with Crippen LogP contribution in [0.3, 0.4) is 0 Å². The van der Waals surface area contributed by atoms with Crippen LogP contribution in [0.1, 0.15) is 12.5 Å². The van der Waals surface area contributed by atoms with Gasteiger partial charge in [-0.15, -0.1) is 0 Å². The molecule has 1 unspecified atom stereocenters. The lowest BCUT2D eigenvalue weighted by Crippen LogP contribution is -2.40. The van der Waals surface area contributed by atoms with Crippen LogP contribution in [0.25, 0.3) is 0 Å². The molecule has 17 heavy (non-hydrogen) atoms. The van der Waals surface area contributed by atoms with Gasteiger partial charge in [0.05, 0.1) is 6.10 Å². The van der Waals surface area contributed by atoms with Gasteiger partial charge in [0, 0.05) is 20.6 Å². The minimum Gasteiger partial charge on any atom is -0.392 e. The fourth-order valence-electron chi connectivity index (χ4n) is 1.40. The van der Waals surface area contributed by atoms with Crippen LogP contribution >= 0.6 is 0 Å². The molecule has 1 aromatic rings. The Balaban J connectivity index is 3.44. The van der Waals surface area contributed by atoms with Gasteiger partial charge in [0.2, 0.25) is 0 Å². The lowest BCUT2D eigenvalue weighted by atomic mass is 10.3. The maximum atomic E-state index is 11.7. The normalized spacial score (nSPS) is 11.9. The van der Waals surface area contributed by atoms with Crippen LogP contribution in [0.4, 0.5) is 5.82 Å². The van der Waals surface area contributed by atoms with Crippen molar-refractivity contribution >= 4 is 5.82 Å². The number of aliphatic hydroxyl groups excluding tert-OH is 1. The number of nitriles is 1. The maximum Gasteiger partial charge on any atom is 0.332 e. The Labute approximate surface area is 97.5 Å². The van der Waals surface area contributed by atoms with Gasteiger partial charge < -0.3 is 10.4 Å². The first-order chi connectivity index (χ1) is 7.90. The number of hydrogen-bond acceptors (Lipinski definition) is 5. The van der Waals surface area contributed by atoms with E-state index >= 15 is 0 Å². The van der Waals surface area contributed by atoms with Crippen LogP contribution in [-0.2, 0) is 14.1 Å². The van der Waals surface area contributed by atoms with Gasteiger partial charge in [-0.25, -0.2) is 4.79 Å². The van der Waals surface area contributed by atoms with Crippen LogP contribution in [0.5, 0.6) is 0 Å². The molecule has 0 fully saturated rings. The van der Waals surface area contributed by atoms with Crippen molar-refractivity contribution in [2.24, 2.45) is 14.1 Å². The number of rotatable bonds is 3. The van der Waals surface area contributed by atoms with E-state index in [1.54, 1.807) is 13.0 Å². The van der Waals surface area contributed by atoms with E-state index in [4.69, 9.17) is 10.4 Å². The van der Waals surface area contributed by atoms with Crippen LogP contribution in [0.15, 0.2) is 9.59 Å². The van der Waals surface area contributed by atoms with Crippen LogP contribution in [-0.4, -0.2) is 26.9 Å². The zero-order valence-electron chi connectivity index (χ0n) is 9.89. The van der Waals surface area contributed by atoms with Crippen molar-refractivity contribution < 1.29 is 5.11 Å². The quantitative estimate of drug-likeness (QED) is 0.685. The highest BCUT2D eigenvalue weighted by molar-refractivity contribution is 5.51. The average Bonchev–Trinajstić information content (AvgIpc) is 2.29. The minimum absolute atomic E-state index is 0.126. The van der Waals surface area contributed by atoms with Gasteiger partial charge in [0.1, 0.15) is 11.9 Å². The first-order valence-corrected chi connectivity index (χ1v) is 5.02. The highest BCUT2D eigenvalue weighted by atomic mass is 16.3. The van der Waals surface area contributed by atoms with Crippen molar-refractivity contribution in [3.8, 4) is 6.07 Å². The van der Waals surface area contributed by atoms with E-state index in [9.17, 15) is 9.59 Å². The number of nitrogens with one attached hydrogen (secondary N) is 1. The summed E-state index contributed by atoms with van der Waals surface area (Å²) in [5.41, 5.74) is -1.32. The average molecular weight is 238 g/mol. The highest BCUT2D eigenvalue weighted by Gasteiger charge is 2.15. The highest BCUT2D eigenvalue weighted by Crippen LogP contribution is 2.06. The molecule has 2 N–H and O–H groups in total. The topological polar surface area (TPSA) is 100 Å². The maximum absolute atomic E-state index is 11.7. The lowest BCUT2D eigenvalue weighted by molar-refractivity contribution is 0.208. The van der Waals surface area contributed by atoms with Gasteiger partial charge in [0.15, 0.2) is 5.56 Å². The van der Waals surface area contributed by atoms with Gasteiger partial charge >= 0.3 is 5.69 Å². The van der Waals surface area contributed by atoms with Gasteiger partial charge in [-0.2, -0.15) is 5.26 Å². The van der Waals surface area contributed by atoms with Crippen molar-refractivity contribution in [3.63, 3.8) is 0 Å². The molecule has 0 aliphatic heterocycles. The Kier molecular flexibility index (Phi) is 3.70. The molecule has 7 nitrogen and oxygen atoms in total. The van der Waals surface area contributed by atoms with Crippen molar-refractivity contribution in [2.75, 3.05) is 11.9 Å². The molecule has 7 heteroatoms. The smallest absolute Gasteiger partial charge is 0.332 e. The van der Waals surface area contributed by atoms with Gasteiger partial charge in [0.25, 0.3) is 5.56 Å². The molecule has 0 aliphatic rings. The van der Waals surface area contributed by atoms with Crippen LogP contribution < -0.4 is 16.6 Å². The Morgan fingerprint density at radius 2 is 2.00 bits per heavy atom. The van der Waals surface area contributed by atoms with Gasteiger partial charge in [-0.05, 0) is 6.92 Å². The van der Waals surface area contributed by atoms with E-state index in [2.05, 4.69) is 5.32 Å². The summed E-state index contributed by atoms with van der Waals surface area (Å²) < 4.78 is 2.04. The summed E-state index contributed by atoms with van der Waals surface area (Å²) in [6.45, 7) is 1.70. The Bertz CT molecular complexity index is 577. The molecule has 0 saturated carbocycles. The van der Waals surface area contributed by atoms with Crippen molar-refractivity contribution in [1.29, 1.82) is 5.26 Å². The molecule has 1 rings (SSSR count). The summed E-state index contributed by atoms with van der Waals surface area (Å²) in [5, 5.41) is 20.8. The fraction of sp³-hybridized carbons (Fsp3) is 0.500. The zero-order chi connectivity index (χ0) is 13.2. The van der Waals surface area contributed by atoms with E-state index in [1.165, 1.54) is 18.7 Å². The monoisotopic (exact) mass is 238 g/mol. The molecule has 92 valence electrons. The van der Waals surface area contributed by atoms with Crippen LogP contribution in [0.2, 0.25) is 0 Å². The molecule has 0 radical (unpaired) electrons. The van der Waals surface area contributed by atoms with E-state index in [0.29, 0.717) is 0 Å². The summed E-state index contributed by atoms with van der Waals surface area (Å²) >= 11 is 0. The summed E-state index contributed by atoms with van der Waals surface area (Å²) in [7, 11) is 2.76. The van der Waals surface area contributed by atoms with Gasteiger partial charge in [-0.3, -0.25) is 13.9 Å². The third-order valence-electron chi connectivity index (χ3n) is 2.34. The Hall–Kier alpha value is -2.07. The first-order valence-electron chi connectivity index (χ1n) is 5.02. The second-order valence-electron chi connectivity index (χ2n) is 3.77. The van der Waals surface area contributed by atoms with Crippen molar-refractivity contribution in [3.05, 3.63) is 26.4 Å². The molecule has 0 aliphatic carbocycles. The zero-order valence-corrected chi connectivity index (χ0v) is 9.89. The fourth-order valence-corrected chi connectivity index (χ4v) is 1.40. The van der Waals surface area contributed by atoms with Gasteiger partial charge in [-0.1, -0.05) is 0 Å². The third kappa shape index (κ3) is 2.37. The summed E-state index contributed by atoms with van der Waals surface area (Å²) in [6, 6.07) is 1.76.